The molecule has 0 radical (unpaired) electrons. The lowest BCUT2D eigenvalue weighted by Crippen LogP contribution is -2.30. The van der Waals surface area contributed by atoms with Crippen LogP contribution in [0.3, 0.4) is 0 Å². The van der Waals surface area contributed by atoms with Gasteiger partial charge in [0.1, 0.15) is 5.71 Å². The summed E-state index contributed by atoms with van der Waals surface area (Å²) in [6.07, 6.45) is -4.83. The van der Waals surface area contributed by atoms with Crippen LogP contribution in [0.15, 0.2) is 5.10 Å². The van der Waals surface area contributed by atoms with Crippen molar-refractivity contribution in [2.24, 2.45) is 10.8 Å². The number of rotatable bonds is 2. The van der Waals surface area contributed by atoms with Gasteiger partial charge in [-0.2, -0.15) is 18.3 Å². The Morgan fingerprint density at radius 3 is 2.33 bits per heavy atom. The molecule has 0 atom stereocenters. The molecule has 0 aliphatic heterocycles. The molecule has 70 valence electrons. The summed E-state index contributed by atoms with van der Waals surface area (Å²) in [6, 6.07) is -1.12. The van der Waals surface area contributed by atoms with Crippen molar-refractivity contribution in [1.29, 1.82) is 0 Å². The molecule has 0 saturated heterocycles. The summed E-state index contributed by atoms with van der Waals surface area (Å²) >= 11 is 0. The Labute approximate surface area is 66.6 Å². The van der Waals surface area contributed by atoms with Gasteiger partial charge in [0.25, 0.3) is 0 Å². The SMILES string of the molecule is CC/C(=N\NC(N)=O)C(F)(F)F. The maximum atomic E-state index is 11.8. The minimum Gasteiger partial charge on any atom is -0.350 e. The summed E-state index contributed by atoms with van der Waals surface area (Å²) in [4.78, 5) is 9.98. The van der Waals surface area contributed by atoms with E-state index in [1.165, 1.54) is 12.3 Å². The van der Waals surface area contributed by atoms with Gasteiger partial charge in [0.15, 0.2) is 0 Å². The molecule has 0 rings (SSSR count). The Kier molecular flexibility index (Phi) is 3.52. The van der Waals surface area contributed by atoms with E-state index >= 15 is 0 Å². The van der Waals surface area contributed by atoms with Crippen LogP contribution in [0.2, 0.25) is 0 Å². The highest BCUT2D eigenvalue weighted by atomic mass is 19.4. The highest BCUT2D eigenvalue weighted by molar-refractivity contribution is 5.90. The first-order valence-electron chi connectivity index (χ1n) is 3.07. The zero-order valence-electron chi connectivity index (χ0n) is 6.27. The second-order valence-electron chi connectivity index (χ2n) is 1.89. The predicted octanol–water partition coefficient (Wildman–Crippen LogP) is 0.983. The molecule has 0 aromatic carbocycles. The molecular formula is C5H8F3N3O. The topological polar surface area (TPSA) is 67.5 Å². The average molecular weight is 183 g/mol. The van der Waals surface area contributed by atoms with Crippen molar-refractivity contribution in [3.63, 3.8) is 0 Å². The van der Waals surface area contributed by atoms with Gasteiger partial charge in [-0.1, -0.05) is 6.92 Å². The van der Waals surface area contributed by atoms with E-state index in [0.717, 1.165) is 0 Å². The molecule has 2 amide bonds. The van der Waals surface area contributed by atoms with E-state index < -0.39 is 17.9 Å². The predicted molar refractivity (Wildman–Crippen MR) is 36.5 cm³/mol. The Morgan fingerprint density at radius 1 is 1.58 bits per heavy atom. The summed E-state index contributed by atoms with van der Waals surface area (Å²) in [5.74, 6) is 0. The van der Waals surface area contributed by atoms with E-state index in [2.05, 4.69) is 10.8 Å². The van der Waals surface area contributed by atoms with Crippen molar-refractivity contribution in [2.75, 3.05) is 0 Å². The highest BCUT2D eigenvalue weighted by Crippen LogP contribution is 2.18. The summed E-state index contributed by atoms with van der Waals surface area (Å²) in [5, 5.41) is 2.78. The van der Waals surface area contributed by atoms with Crippen molar-refractivity contribution in [1.82, 2.24) is 5.43 Å². The molecule has 0 bridgehead atoms. The van der Waals surface area contributed by atoms with Crippen molar-refractivity contribution in [2.45, 2.75) is 19.5 Å². The fourth-order valence-electron chi connectivity index (χ4n) is 0.465. The molecule has 4 nitrogen and oxygen atoms in total. The van der Waals surface area contributed by atoms with E-state index in [9.17, 15) is 18.0 Å². The van der Waals surface area contributed by atoms with Crippen LogP contribution in [0.1, 0.15) is 13.3 Å². The zero-order chi connectivity index (χ0) is 9.78. The molecule has 0 unspecified atom stereocenters. The molecule has 0 heterocycles. The lowest BCUT2D eigenvalue weighted by molar-refractivity contribution is -0.0606. The van der Waals surface area contributed by atoms with Gasteiger partial charge in [-0.3, -0.25) is 0 Å². The second-order valence-corrected chi connectivity index (χ2v) is 1.89. The standard InChI is InChI=1S/C5H8F3N3O/c1-2-3(5(6,7)8)10-11-4(9)12/h2H2,1H3,(H3,9,11,12)/b10-3+. The number of amides is 2. The molecule has 0 fully saturated rings. The lowest BCUT2D eigenvalue weighted by atomic mass is 10.3. The number of hydrogen-bond donors (Lipinski definition) is 2. The molecule has 12 heavy (non-hydrogen) atoms. The summed E-state index contributed by atoms with van der Waals surface area (Å²) < 4.78 is 35.5. The number of nitrogens with two attached hydrogens (primary N) is 1. The van der Waals surface area contributed by atoms with Crippen LogP contribution in [0.5, 0.6) is 0 Å². The molecule has 7 heteroatoms. The summed E-state index contributed by atoms with van der Waals surface area (Å²) in [6.45, 7) is 1.27. The smallest absolute Gasteiger partial charge is 0.350 e. The van der Waals surface area contributed by atoms with Crippen molar-refractivity contribution in [3.8, 4) is 0 Å². The molecule has 0 aromatic rings. The number of hydrogen-bond acceptors (Lipinski definition) is 2. The lowest BCUT2D eigenvalue weighted by Gasteiger charge is -2.06. The van der Waals surface area contributed by atoms with Crippen LogP contribution in [0.25, 0.3) is 0 Å². The maximum Gasteiger partial charge on any atom is 0.431 e. The fraction of sp³-hybridized carbons (Fsp3) is 0.600. The first-order valence-corrected chi connectivity index (χ1v) is 3.07. The Morgan fingerprint density at radius 2 is 2.08 bits per heavy atom. The number of carbonyl (C=O) groups excluding carboxylic acids is 1. The van der Waals surface area contributed by atoms with Crippen molar-refractivity contribution in [3.05, 3.63) is 0 Å². The first kappa shape index (κ1) is 10.7. The Bertz CT molecular complexity index is 199. The first-order chi connectivity index (χ1) is 5.38. The van der Waals surface area contributed by atoms with Crippen LogP contribution < -0.4 is 11.2 Å². The van der Waals surface area contributed by atoms with Gasteiger partial charge in [0.05, 0.1) is 0 Å². The van der Waals surface area contributed by atoms with Gasteiger partial charge in [0, 0.05) is 0 Å². The number of primary amides is 1. The Balaban J connectivity index is 4.34. The molecule has 0 aliphatic rings. The molecular weight excluding hydrogens is 175 g/mol. The number of hydrazone groups is 1. The van der Waals surface area contributed by atoms with Crippen LogP contribution in [-0.4, -0.2) is 17.9 Å². The number of halogens is 3. The van der Waals surface area contributed by atoms with Crippen LogP contribution in [-0.2, 0) is 0 Å². The normalized spacial score (nSPS) is 12.8. The maximum absolute atomic E-state index is 11.8. The quantitative estimate of drug-likeness (QED) is 0.486. The third kappa shape index (κ3) is 3.79. The molecule has 0 spiro atoms. The molecule has 0 aliphatic carbocycles. The number of urea groups is 1. The van der Waals surface area contributed by atoms with E-state index in [4.69, 9.17) is 0 Å². The van der Waals surface area contributed by atoms with E-state index in [-0.39, 0.29) is 6.42 Å². The van der Waals surface area contributed by atoms with Gasteiger partial charge in [0.2, 0.25) is 0 Å². The van der Waals surface area contributed by atoms with E-state index in [1.807, 2.05) is 0 Å². The van der Waals surface area contributed by atoms with Gasteiger partial charge in [-0.25, -0.2) is 10.2 Å². The largest absolute Gasteiger partial charge is 0.431 e. The van der Waals surface area contributed by atoms with Crippen LogP contribution >= 0.6 is 0 Å². The molecule has 3 N–H and O–H groups in total. The highest BCUT2D eigenvalue weighted by Gasteiger charge is 2.34. The number of carbonyl (C=O) groups is 1. The van der Waals surface area contributed by atoms with Gasteiger partial charge >= 0.3 is 12.2 Å². The van der Waals surface area contributed by atoms with Crippen LogP contribution in [0.4, 0.5) is 18.0 Å². The van der Waals surface area contributed by atoms with Gasteiger partial charge < -0.3 is 5.73 Å². The minimum absolute atomic E-state index is 0.316. The number of alkyl halides is 3. The number of nitrogens with one attached hydrogen (secondary N) is 1. The van der Waals surface area contributed by atoms with Crippen LogP contribution in [0, 0.1) is 0 Å². The minimum atomic E-state index is -4.52. The second kappa shape index (κ2) is 3.93. The monoisotopic (exact) mass is 183 g/mol. The van der Waals surface area contributed by atoms with Crippen molar-refractivity contribution < 1.29 is 18.0 Å². The third-order valence-corrected chi connectivity index (χ3v) is 0.963. The average Bonchev–Trinajstić information content (AvgIpc) is 1.85. The van der Waals surface area contributed by atoms with E-state index in [0.29, 0.717) is 0 Å². The number of nitrogens with zero attached hydrogens (tertiary/aromatic N) is 1. The van der Waals surface area contributed by atoms with E-state index in [1.54, 1.807) is 0 Å². The molecule has 0 saturated carbocycles. The zero-order valence-corrected chi connectivity index (χ0v) is 6.27. The third-order valence-electron chi connectivity index (χ3n) is 0.963. The molecule has 0 aromatic heterocycles. The Hall–Kier alpha value is -1.27. The van der Waals surface area contributed by atoms with Gasteiger partial charge in [-0.15, -0.1) is 0 Å². The van der Waals surface area contributed by atoms with Crippen molar-refractivity contribution >= 4 is 11.7 Å². The van der Waals surface area contributed by atoms with Gasteiger partial charge in [-0.05, 0) is 6.42 Å². The summed E-state index contributed by atoms with van der Waals surface area (Å²) in [7, 11) is 0. The summed E-state index contributed by atoms with van der Waals surface area (Å²) in [5.41, 5.74) is 4.96. The fourth-order valence-corrected chi connectivity index (χ4v) is 0.465.